The zero-order chi connectivity index (χ0) is 15.9. The second-order valence-corrected chi connectivity index (χ2v) is 7.08. The number of nitrogens with zero attached hydrogens (tertiary/aromatic N) is 2. The molecule has 22 heavy (non-hydrogen) atoms. The van der Waals surface area contributed by atoms with Crippen molar-refractivity contribution >= 4 is 49.4 Å². The van der Waals surface area contributed by atoms with E-state index in [1.54, 1.807) is 0 Å². The van der Waals surface area contributed by atoms with Crippen molar-refractivity contribution in [3.8, 4) is 5.75 Å². The molecule has 3 rings (SSSR count). The lowest BCUT2D eigenvalue weighted by Crippen LogP contribution is -2.49. The molecular formula is C13H10BrFN2O4S. The molecular weight excluding hydrogens is 379 g/mol. The van der Waals surface area contributed by atoms with Crippen LogP contribution in [0, 0.1) is 5.82 Å². The number of Topliss-reactive ketones (excluding diaryl/α,β-unsaturated/α-hetero) is 1. The molecule has 1 aromatic carbocycles. The van der Waals surface area contributed by atoms with E-state index in [0.717, 1.165) is 4.90 Å². The molecule has 0 saturated carbocycles. The van der Waals surface area contributed by atoms with E-state index in [4.69, 9.17) is 9.84 Å². The molecule has 2 aromatic rings. The number of ether oxygens (including phenoxy) is 1. The third-order valence-electron chi connectivity index (χ3n) is 3.33. The summed E-state index contributed by atoms with van der Waals surface area (Å²) in [4.78, 5) is 28.0. The summed E-state index contributed by atoms with van der Waals surface area (Å²) in [6.07, 6.45) is -2.05. The largest absolute Gasteiger partial charge is 0.478 e. The molecule has 1 saturated heterocycles. The second kappa shape index (κ2) is 5.81. The van der Waals surface area contributed by atoms with Gasteiger partial charge in [-0.3, -0.25) is 4.79 Å². The smallest absolute Gasteiger partial charge is 0.407 e. The average molecular weight is 389 g/mol. The Balaban J connectivity index is 1.86. The number of hydrogen-bond donors (Lipinski definition) is 1. The highest BCUT2D eigenvalue weighted by molar-refractivity contribution is 9.11. The summed E-state index contributed by atoms with van der Waals surface area (Å²) in [6, 6.07) is 2.70. The molecule has 0 radical (unpaired) electrons. The first-order chi connectivity index (χ1) is 10.4. The van der Waals surface area contributed by atoms with Gasteiger partial charge < -0.3 is 14.7 Å². The summed E-state index contributed by atoms with van der Waals surface area (Å²) in [5.41, 5.74) is 0.490. The lowest BCUT2D eigenvalue weighted by atomic mass is 10.1. The monoisotopic (exact) mass is 388 g/mol. The van der Waals surface area contributed by atoms with Crippen molar-refractivity contribution in [1.29, 1.82) is 0 Å². The summed E-state index contributed by atoms with van der Waals surface area (Å²) < 4.78 is 20.8. The number of benzene rings is 1. The summed E-state index contributed by atoms with van der Waals surface area (Å²) in [6.45, 7) is 0.0371. The van der Waals surface area contributed by atoms with Crippen LogP contribution in [-0.4, -0.2) is 46.1 Å². The lowest BCUT2D eigenvalue weighted by Gasteiger charge is -2.29. The molecule has 0 spiro atoms. The third-order valence-corrected chi connectivity index (χ3v) is 4.80. The Morgan fingerprint density at radius 2 is 2.32 bits per heavy atom. The minimum atomic E-state index is -1.12. The van der Waals surface area contributed by atoms with Gasteiger partial charge in [-0.05, 0) is 15.9 Å². The fourth-order valence-corrected chi connectivity index (χ4v) is 3.64. The van der Waals surface area contributed by atoms with E-state index in [0.29, 0.717) is 14.1 Å². The number of hydrogen-bond acceptors (Lipinski definition) is 5. The van der Waals surface area contributed by atoms with Crippen LogP contribution in [0.3, 0.4) is 0 Å². The minimum Gasteiger partial charge on any atom is -0.478 e. The van der Waals surface area contributed by atoms with Gasteiger partial charge in [0.1, 0.15) is 0 Å². The molecule has 1 amide bonds. The number of carbonyl (C=O) groups excluding carboxylic acids is 1. The highest BCUT2D eigenvalue weighted by Crippen LogP contribution is 2.32. The molecule has 2 heterocycles. The van der Waals surface area contributed by atoms with Crippen LogP contribution < -0.4 is 4.74 Å². The van der Waals surface area contributed by atoms with Gasteiger partial charge in [-0.1, -0.05) is 0 Å². The number of rotatable bonds is 2. The number of ketones is 1. The van der Waals surface area contributed by atoms with Gasteiger partial charge in [-0.25, -0.2) is 14.2 Å². The normalized spacial score (nSPS) is 18.7. The third kappa shape index (κ3) is 2.91. The molecule has 1 aliphatic heterocycles. The molecule has 1 unspecified atom stereocenters. The molecule has 0 aliphatic carbocycles. The van der Waals surface area contributed by atoms with Crippen LogP contribution in [0.5, 0.6) is 5.75 Å². The maximum atomic E-state index is 14.0. The van der Waals surface area contributed by atoms with Crippen molar-refractivity contribution in [2.45, 2.75) is 12.5 Å². The highest BCUT2D eigenvalue weighted by Gasteiger charge is 2.32. The topological polar surface area (TPSA) is 79.7 Å². The molecule has 6 nitrogen and oxygen atoms in total. The van der Waals surface area contributed by atoms with Crippen molar-refractivity contribution in [3.05, 3.63) is 21.9 Å². The Morgan fingerprint density at radius 1 is 1.55 bits per heavy atom. The van der Waals surface area contributed by atoms with Crippen LogP contribution in [0.4, 0.5) is 9.18 Å². The summed E-state index contributed by atoms with van der Waals surface area (Å²) in [7, 11) is 0. The van der Waals surface area contributed by atoms with Gasteiger partial charge in [0.05, 0.1) is 16.8 Å². The number of aromatic nitrogens is 1. The van der Waals surface area contributed by atoms with Crippen LogP contribution >= 0.6 is 27.3 Å². The number of thiazole rings is 1. The molecule has 1 N–H and O–H groups in total. The number of halogens is 2. The van der Waals surface area contributed by atoms with Crippen molar-refractivity contribution in [3.63, 3.8) is 0 Å². The molecule has 9 heteroatoms. The number of likely N-dealkylation sites (tertiary alicyclic amines) is 1. The van der Waals surface area contributed by atoms with Gasteiger partial charge in [-0.15, -0.1) is 11.3 Å². The molecule has 1 aromatic heterocycles. The Morgan fingerprint density at radius 3 is 3.05 bits per heavy atom. The average Bonchev–Trinajstić information content (AvgIpc) is 2.80. The Labute approximate surface area is 136 Å². The molecule has 116 valence electrons. The lowest BCUT2D eigenvalue weighted by molar-refractivity contribution is -0.129. The number of carbonyl (C=O) groups is 2. The van der Waals surface area contributed by atoms with Crippen LogP contribution in [0.25, 0.3) is 10.2 Å². The summed E-state index contributed by atoms with van der Waals surface area (Å²) >= 11 is 4.54. The minimum absolute atomic E-state index is 0.0624. The zero-order valence-corrected chi connectivity index (χ0v) is 13.5. The molecule has 0 bridgehead atoms. The van der Waals surface area contributed by atoms with Crippen molar-refractivity contribution in [2.75, 3.05) is 13.1 Å². The van der Waals surface area contributed by atoms with E-state index in [9.17, 15) is 14.0 Å². The SMILES string of the molecule is O=C1CCN(C(=O)O)CC1Oc1cc2sc(Br)nc2cc1F. The first-order valence-electron chi connectivity index (χ1n) is 6.37. The van der Waals surface area contributed by atoms with Gasteiger partial charge in [-0.2, -0.15) is 0 Å². The van der Waals surface area contributed by atoms with Gasteiger partial charge in [0.15, 0.2) is 27.4 Å². The standard InChI is InChI=1S/C13H10BrFN2O4S/c14-12-16-7-3-6(15)9(4-11(7)22-12)21-10-5-17(13(19)20)2-1-8(10)18/h3-4,10H,1-2,5H2,(H,19,20). The maximum absolute atomic E-state index is 14.0. The van der Waals surface area contributed by atoms with Crippen LogP contribution in [-0.2, 0) is 4.79 Å². The van der Waals surface area contributed by atoms with Crippen LogP contribution in [0.2, 0.25) is 0 Å². The van der Waals surface area contributed by atoms with E-state index < -0.39 is 18.0 Å². The predicted octanol–water partition coefficient (Wildman–Crippen LogP) is 2.90. The highest BCUT2D eigenvalue weighted by atomic mass is 79.9. The second-order valence-electron chi connectivity index (χ2n) is 4.77. The van der Waals surface area contributed by atoms with Gasteiger partial charge in [0, 0.05) is 25.1 Å². The van der Waals surface area contributed by atoms with Crippen LogP contribution in [0.15, 0.2) is 16.0 Å². The van der Waals surface area contributed by atoms with E-state index in [2.05, 4.69) is 20.9 Å². The van der Waals surface area contributed by atoms with Crippen molar-refractivity contribution in [2.24, 2.45) is 0 Å². The summed E-state index contributed by atoms with van der Waals surface area (Å²) in [5.74, 6) is -0.942. The van der Waals surface area contributed by atoms with E-state index >= 15 is 0 Å². The number of amides is 1. The van der Waals surface area contributed by atoms with Gasteiger partial charge in [0.25, 0.3) is 0 Å². The predicted molar refractivity (Wildman–Crippen MR) is 80.9 cm³/mol. The Hall–Kier alpha value is -1.74. The number of fused-ring (bicyclic) bond motifs is 1. The van der Waals surface area contributed by atoms with Crippen molar-refractivity contribution in [1.82, 2.24) is 9.88 Å². The van der Waals surface area contributed by atoms with E-state index in [-0.39, 0.29) is 31.0 Å². The zero-order valence-electron chi connectivity index (χ0n) is 11.1. The molecule has 1 aliphatic rings. The quantitative estimate of drug-likeness (QED) is 0.855. The van der Waals surface area contributed by atoms with E-state index in [1.807, 2.05) is 0 Å². The fourth-order valence-electron chi connectivity index (χ4n) is 2.22. The van der Waals surface area contributed by atoms with Crippen LogP contribution in [0.1, 0.15) is 6.42 Å². The Bertz CT molecular complexity index is 766. The first kappa shape index (κ1) is 15.2. The van der Waals surface area contributed by atoms with E-state index in [1.165, 1.54) is 23.5 Å². The van der Waals surface area contributed by atoms with Gasteiger partial charge >= 0.3 is 6.09 Å². The fraction of sp³-hybridized carbons (Fsp3) is 0.308. The molecule has 1 atom stereocenters. The molecule has 1 fully saturated rings. The summed E-state index contributed by atoms with van der Waals surface area (Å²) in [5, 5.41) is 8.98. The first-order valence-corrected chi connectivity index (χ1v) is 7.98. The number of carboxylic acid groups (broad SMARTS) is 1. The maximum Gasteiger partial charge on any atom is 0.407 e. The Kier molecular flexibility index (Phi) is 4.00. The van der Waals surface area contributed by atoms with Gasteiger partial charge in [0.2, 0.25) is 0 Å². The number of piperidine rings is 1. The van der Waals surface area contributed by atoms with Crippen molar-refractivity contribution < 1.29 is 23.8 Å².